The van der Waals surface area contributed by atoms with E-state index in [-0.39, 0.29) is 5.91 Å². The number of hydrogen-bond donors (Lipinski definition) is 0. The van der Waals surface area contributed by atoms with Crippen LogP contribution in [0.5, 0.6) is 0 Å². The maximum absolute atomic E-state index is 13.3. The van der Waals surface area contributed by atoms with Crippen molar-refractivity contribution in [3.8, 4) is 0 Å². The minimum Gasteiger partial charge on any atom is -0.337 e. The molecule has 1 amide bonds. The molecule has 1 aliphatic rings. The van der Waals surface area contributed by atoms with E-state index in [0.29, 0.717) is 11.6 Å². The number of nitrogens with zero attached hydrogens (tertiary/aromatic N) is 4. The van der Waals surface area contributed by atoms with Gasteiger partial charge >= 0.3 is 0 Å². The van der Waals surface area contributed by atoms with Crippen LogP contribution in [-0.4, -0.2) is 58.7 Å². The summed E-state index contributed by atoms with van der Waals surface area (Å²) in [4.78, 5) is 17.8. The third kappa shape index (κ3) is 5.19. The van der Waals surface area contributed by atoms with Crippen LogP contribution >= 0.6 is 0 Å². The monoisotopic (exact) mass is 368 g/mol. The summed E-state index contributed by atoms with van der Waals surface area (Å²) in [5.41, 5.74) is 2.95. The molecule has 1 unspecified atom stereocenters. The molecule has 1 aromatic carbocycles. The van der Waals surface area contributed by atoms with Crippen molar-refractivity contribution >= 4 is 5.91 Å². The Morgan fingerprint density at radius 3 is 2.70 bits per heavy atom. The second kappa shape index (κ2) is 9.18. The number of benzene rings is 1. The van der Waals surface area contributed by atoms with Gasteiger partial charge in [-0.05, 0) is 56.8 Å². The topological polar surface area (TPSA) is 41.4 Å². The number of likely N-dealkylation sites (tertiary alicyclic amines) is 1. The lowest BCUT2D eigenvalue weighted by atomic mass is 9.97. The molecule has 1 atom stereocenters. The highest BCUT2D eigenvalue weighted by Crippen LogP contribution is 2.18. The number of rotatable bonds is 7. The van der Waals surface area contributed by atoms with Crippen LogP contribution in [0.4, 0.5) is 0 Å². The summed E-state index contributed by atoms with van der Waals surface area (Å²) < 4.78 is 1.74. The van der Waals surface area contributed by atoms with Crippen molar-refractivity contribution in [1.29, 1.82) is 0 Å². The molecule has 0 bridgehead atoms. The second-order valence-corrected chi connectivity index (χ2v) is 7.76. The van der Waals surface area contributed by atoms with Crippen LogP contribution in [0.3, 0.4) is 0 Å². The molecular formula is C22H32N4O. The fraction of sp³-hybridized carbons (Fsp3) is 0.545. The Morgan fingerprint density at radius 2 is 2.04 bits per heavy atom. The molecule has 1 aliphatic heterocycles. The number of carbonyl (C=O) groups excluding carboxylic acids is 1. The average Bonchev–Trinajstić information content (AvgIpc) is 3.06. The maximum Gasteiger partial charge on any atom is 0.272 e. The van der Waals surface area contributed by atoms with Crippen molar-refractivity contribution in [3.05, 3.63) is 53.3 Å². The highest BCUT2D eigenvalue weighted by molar-refractivity contribution is 5.92. The molecule has 5 nitrogen and oxygen atoms in total. The number of hydrogen-bond acceptors (Lipinski definition) is 3. The molecule has 0 radical (unpaired) electrons. The van der Waals surface area contributed by atoms with Crippen LogP contribution in [0.15, 0.2) is 36.4 Å². The largest absolute Gasteiger partial charge is 0.337 e. The van der Waals surface area contributed by atoms with Gasteiger partial charge in [-0.15, -0.1) is 0 Å². The molecule has 0 N–H and O–H groups in total. The van der Waals surface area contributed by atoms with Gasteiger partial charge < -0.3 is 9.80 Å². The van der Waals surface area contributed by atoms with E-state index in [1.165, 1.54) is 18.4 Å². The van der Waals surface area contributed by atoms with Crippen LogP contribution in [0, 0.1) is 5.92 Å². The molecule has 0 spiro atoms. The summed E-state index contributed by atoms with van der Waals surface area (Å²) >= 11 is 0. The molecule has 27 heavy (non-hydrogen) atoms. The van der Waals surface area contributed by atoms with Gasteiger partial charge in [-0.2, -0.15) is 5.10 Å². The molecule has 1 saturated heterocycles. The van der Waals surface area contributed by atoms with E-state index < -0.39 is 0 Å². The van der Waals surface area contributed by atoms with Crippen molar-refractivity contribution in [2.24, 2.45) is 13.0 Å². The minimum atomic E-state index is 0.105. The number of aryl methyl sites for hydroxylation is 2. The van der Waals surface area contributed by atoms with Gasteiger partial charge in [0.15, 0.2) is 0 Å². The summed E-state index contributed by atoms with van der Waals surface area (Å²) in [5, 5.41) is 4.47. The molecule has 3 rings (SSSR count). The first-order valence-electron chi connectivity index (χ1n) is 10.1. The van der Waals surface area contributed by atoms with E-state index in [2.05, 4.69) is 48.2 Å². The van der Waals surface area contributed by atoms with E-state index in [0.717, 1.165) is 44.7 Å². The molecule has 2 heterocycles. The van der Waals surface area contributed by atoms with Gasteiger partial charge in [0.1, 0.15) is 5.69 Å². The van der Waals surface area contributed by atoms with Gasteiger partial charge in [-0.25, -0.2) is 0 Å². The first-order valence-corrected chi connectivity index (χ1v) is 10.1. The molecule has 146 valence electrons. The fourth-order valence-electron chi connectivity index (χ4n) is 3.98. The molecule has 1 aromatic heterocycles. The van der Waals surface area contributed by atoms with Crippen LogP contribution in [0.1, 0.15) is 41.5 Å². The smallest absolute Gasteiger partial charge is 0.272 e. The van der Waals surface area contributed by atoms with E-state index in [4.69, 9.17) is 0 Å². The third-order valence-electron chi connectivity index (χ3n) is 5.51. The Bertz CT molecular complexity index is 740. The average molecular weight is 369 g/mol. The number of aromatic nitrogens is 2. The summed E-state index contributed by atoms with van der Waals surface area (Å²) in [7, 11) is 4.05. The van der Waals surface area contributed by atoms with Gasteiger partial charge in [0.05, 0.1) is 5.69 Å². The lowest BCUT2D eigenvalue weighted by Crippen LogP contribution is -2.43. The van der Waals surface area contributed by atoms with Gasteiger partial charge in [0.2, 0.25) is 0 Å². The normalized spacial score (nSPS) is 17.8. The molecule has 0 aliphatic carbocycles. The van der Waals surface area contributed by atoms with Crippen molar-refractivity contribution in [2.75, 3.05) is 33.2 Å². The van der Waals surface area contributed by atoms with Gasteiger partial charge in [-0.3, -0.25) is 9.48 Å². The van der Waals surface area contributed by atoms with Crippen molar-refractivity contribution in [2.45, 2.75) is 32.6 Å². The highest BCUT2D eigenvalue weighted by atomic mass is 16.2. The molecular weight excluding hydrogens is 336 g/mol. The zero-order chi connectivity index (χ0) is 19.2. The first kappa shape index (κ1) is 19.6. The number of carbonyl (C=O) groups is 1. The van der Waals surface area contributed by atoms with E-state index in [1.54, 1.807) is 4.68 Å². The summed E-state index contributed by atoms with van der Waals surface area (Å²) in [6.45, 7) is 5.87. The Labute approximate surface area is 163 Å². The maximum atomic E-state index is 13.3. The molecule has 1 fully saturated rings. The van der Waals surface area contributed by atoms with Crippen molar-refractivity contribution in [1.82, 2.24) is 19.6 Å². The van der Waals surface area contributed by atoms with Crippen molar-refractivity contribution in [3.63, 3.8) is 0 Å². The lowest BCUT2D eigenvalue weighted by Gasteiger charge is -2.34. The van der Waals surface area contributed by atoms with Crippen molar-refractivity contribution < 1.29 is 4.79 Å². The van der Waals surface area contributed by atoms with Gasteiger partial charge in [-0.1, -0.05) is 37.3 Å². The van der Waals surface area contributed by atoms with Crippen LogP contribution in [0.25, 0.3) is 0 Å². The van der Waals surface area contributed by atoms with E-state index in [9.17, 15) is 4.79 Å². The predicted molar refractivity (Wildman–Crippen MR) is 109 cm³/mol. The Hall–Kier alpha value is -2.14. The number of amides is 1. The highest BCUT2D eigenvalue weighted by Gasteiger charge is 2.25. The zero-order valence-electron chi connectivity index (χ0n) is 16.9. The van der Waals surface area contributed by atoms with Gasteiger partial charge in [0.25, 0.3) is 5.91 Å². The standard InChI is InChI=1S/C22H32N4O/c1-4-20-15-21(25(3)23-20)22(27)26(14-12-18-9-6-5-7-10-18)17-19-11-8-13-24(2)16-19/h5-7,9-10,15,19H,4,8,11-14,16-17H2,1-3H3. The fourth-order valence-corrected chi connectivity index (χ4v) is 3.98. The zero-order valence-corrected chi connectivity index (χ0v) is 16.9. The Kier molecular flexibility index (Phi) is 6.67. The quantitative estimate of drug-likeness (QED) is 0.754. The summed E-state index contributed by atoms with van der Waals surface area (Å²) in [6.07, 6.45) is 4.14. The Balaban J connectivity index is 1.74. The first-order chi connectivity index (χ1) is 13.1. The van der Waals surface area contributed by atoms with Gasteiger partial charge in [0, 0.05) is 26.7 Å². The second-order valence-electron chi connectivity index (χ2n) is 7.76. The molecule has 2 aromatic rings. The summed E-state index contributed by atoms with van der Waals surface area (Å²) in [6, 6.07) is 12.4. The predicted octanol–water partition coefficient (Wildman–Crippen LogP) is 3.01. The lowest BCUT2D eigenvalue weighted by molar-refractivity contribution is 0.0682. The Morgan fingerprint density at radius 1 is 1.26 bits per heavy atom. The van der Waals surface area contributed by atoms with Crippen LogP contribution < -0.4 is 0 Å². The summed E-state index contributed by atoms with van der Waals surface area (Å²) in [5.74, 6) is 0.649. The van der Waals surface area contributed by atoms with E-state index >= 15 is 0 Å². The van der Waals surface area contributed by atoms with Crippen LogP contribution in [-0.2, 0) is 19.9 Å². The minimum absolute atomic E-state index is 0.105. The number of piperidine rings is 1. The van der Waals surface area contributed by atoms with Crippen LogP contribution in [0.2, 0.25) is 0 Å². The molecule has 0 saturated carbocycles. The third-order valence-corrected chi connectivity index (χ3v) is 5.51. The van der Waals surface area contributed by atoms with E-state index in [1.807, 2.05) is 24.1 Å². The molecule has 5 heteroatoms. The SMILES string of the molecule is CCc1cc(C(=O)N(CCc2ccccc2)CC2CCCN(C)C2)n(C)n1.